The van der Waals surface area contributed by atoms with Crippen LogP contribution in [0.1, 0.15) is 335 Å². The number of hydrogen-bond acceptors (Lipinski definition) is 5. The Morgan fingerprint density at radius 2 is 0.714 bits per heavy atom. The van der Waals surface area contributed by atoms with Gasteiger partial charge in [0, 0.05) is 12.8 Å². The summed E-state index contributed by atoms with van der Waals surface area (Å²) in [6, 6.07) is -0.633. The van der Waals surface area contributed by atoms with Gasteiger partial charge in [-0.3, -0.25) is 9.59 Å². The third kappa shape index (κ3) is 55.4. The van der Waals surface area contributed by atoms with Gasteiger partial charge in [-0.2, -0.15) is 0 Å². The predicted molar refractivity (Wildman–Crippen MR) is 306 cm³/mol. The molecule has 0 fully saturated rings. The van der Waals surface area contributed by atoms with E-state index in [4.69, 9.17) is 4.74 Å². The molecule has 70 heavy (non-hydrogen) atoms. The normalized spacial score (nSPS) is 12.8. The Labute approximate surface area is 436 Å². The number of aliphatic hydroxyl groups is 2. The van der Waals surface area contributed by atoms with Gasteiger partial charge in [-0.15, -0.1) is 0 Å². The molecule has 2 unspecified atom stereocenters. The second-order valence-corrected chi connectivity index (χ2v) is 21.4. The quantitative estimate of drug-likeness (QED) is 0.0321. The predicted octanol–water partition coefficient (Wildman–Crippen LogP) is 19.6. The van der Waals surface area contributed by atoms with Crippen molar-refractivity contribution < 1.29 is 24.5 Å². The van der Waals surface area contributed by atoms with Crippen molar-refractivity contribution in [3.63, 3.8) is 0 Å². The first-order valence-corrected chi connectivity index (χ1v) is 31.3. The minimum absolute atomic E-state index is 0.000936. The molecular weight excluding hydrogens is 863 g/mol. The van der Waals surface area contributed by atoms with E-state index in [-0.39, 0.29) is 18.5 Å². The molecule has 6 nitrogen and oxygen atoms in total. The van der Waals surface area contributed by atoms with Crippen LogP contribution in [0.4, 0.5) is 0 Å². The molecule has 0 aromatic heterocycles. The zero-order valence-corrected chi connectivity index (χ0v) is 47.0. The first-order valence-electron chi connectivity index (χ1n) is 31.3. The number of aliphatic hydroxyl groups excluding tert-OH is 2. The van der Waals surface area contributed by atoms with Gasteiger partial charge in [-0.1, -0.05) is 294 Å². The van der Waals surface area contributed by atoms with Gasteiger partial charge >= 0.3 is 5.97 Å². The number of ether oxygens (including phenoxy) is 1. The minimum atomic E-state index is -0.849. The summed E-state index contributed by atoms with van der Waals surface area (Å²) in [6.45, 7) is 4.89. The molecule has 0 aliphatic carbocycles. The van der Waals surface area contributed by atoms with Crippen LogP contribution in [0, 0.1) is 0 Å². The molecule has 0 aliphatic heterocycles. The first kappa shape index (κ1) is 68.1. The highest BCUT2D eigenvalue weighted by molar-refractivity contribution is 5.76. The lowest BCUT2D eigenvalue weighted by molar-refractivity contribution is -0.143. The monoisotopic (exact) mass is 984 g/mol. The van der Waals surface area contributed by atoms with Gasteiger partial charge in [0.15, 0.2) is 0 Å². The average Bonchev–Trinajstić information content (AvgIpc) is 3.36. The van der Waals surface area contributed by atoms with Crippen LogP contribution in [-0.2, 0) is 14.3 Å². The Kier molecular flexibility index (Phi) is 58.0. The van der Waals surface area contributed by atoms with E-state index in [1.807, 2.05) is 6.08 Å². The molecule has 412 valence electrons. The molecule has 0 aromatic rings. The van der Waals surface area contributed by atoms with Gasteiger partial charge in [0.05, 0.1) is 25.4 Å². The summed E-state index contributed by atoms with van der Waals surface area (Å²) in [7, 11) is 0. The van der Waals surface area contributed by atoms with Crippen LogP contribution in [0.15, 0.2) is 36.5 Å². The Morgan fingerprint density at radius 1 is 0.400 bits per heavy atom. The molecule has 1 amide bonds. The van der Waals surface area contributed by atoms with Gasteiger partial charge in [0.2, 0.25) is 5.91 Å². The van der Waals surface area contributed by atoms with E-state index in [2.05, 4.69) is 43.5 Å². The fourth-order valence-electron chi connectivity index (χ4n) is 9.61. The number of rotatable bonds is 58. The molecule has 0 saturated carbocycles. The minimum Gasteiger partial charge on any atom is -0.466 e. The lowest BCUT2D eigenvalue weighted by atomic mass is 10.0. The lowest BCUT2D eigenvalue weighted by Crippen LogP contribution is -2.45. The van der Waals surface area contributed by atoms with E-state index in [0.717, 1.165) is 51.4 Å². The van der Waals surface area contributed by atoms with Crippen LogP contribution in [0.25, 0.3) is 0 Å². The van der Waals surface area contributed by atoms with Gasteiger partial charge in [-0.05, 0) is 64.2 Å². The van der Waals surface area contributed by atoms with Crippen molar-refractivity contribution in [2.24, 2.45) is 0 Å². The fraction of sp³-hybridized carbons (Fsp3) is 0.875. The molecule has 0 spiro atoms. The number of hydrogen-bond donors (Lipinski definition) is 3. The molecule has 0 aromatic carbocycles. The molecular formula is C64H121NO5. The second-order valence-electron chi connectivity index (χ2n) is 21.4. The fourth-order valence-corrected chi connectivity index (χ4v) is 9.61. The summed E-state index contributed by atoms with van der Waals surface area (Å²) >= 11 is 0. The molecule has 0 rings (SSSR count). The topological polar surface area (TPSA) is 95.9 Å². The van der Waals surface area contributed by atoms with Crippen molar-refractivity contribution in [2.45, 2.75) is 347 Å². The molecule has 6 heteroatoms. The summed E-state index contributed by atoms with van der Waals surface area (Å²) in [5.74, 6) is -0.0706. The zero-order valence-electron chi connectivity index (χ0n) is 47.0. The Bertz CT molecular complexity index is 1130. The maximum Gasteiger partial charge on any atom is 0.305 e. The van der Waals surface area contributed by atoms with E-state index >= 15 is 0 Å². The van der Waals surface area contributed by atoms with Gasteiger partial charge in [-0.25, -0.2) is 0 Å². The van der Waals surface area contributed by atoms with Crippen LogP contribution < -0.4 is 5.32 Å². The highest BCUT2D eigenvalue weighted by Crippen LogP contribution is 2.17. The van der Waals surface area contributed by atoms with E-state index in [0.29, 0.717) is 19.4 Å². The standard InChI is InChI=1S/C64H121NO5/c1-3-5-7-9-11-13-15-17-19-21-22-26-30-34-38-42-46-50-54-58-64(69)70-59-55-51-47-43-39-35-31-27-23-25-29-33-37-41-45-49-53-57-63(68)65-61(60-66)62(67)56-52-48-44-40-36-32-28-24-20-18-16-14-12-10-8-6-4-2/h11,13,17,19,52,56,61-62,66-67H,3-10,12,14-16,18,20-51,53-55,57-60H2,1-2H3,(H,65,68)/b13-11-,19-17-,56-52+. The maximum absolute atomic E-state index is 12.5. The van der Waals surface area contributed by atoms with Crippen molar-refractivity contribution in [3.8, 4) is 0 Å². The number of carbonyl (C=O) groups excluding carboxylic acids is 2. The largest absolute Gasteiger partial charge is 0.466 e. The molecule has 3 N–H and O–H groups in total. The number of nitrogens with one attached hydrogen (secondary N) is 1. The first-order chi connectivity index (χ1) is 34.5. The molecule has 0 radical (unpaired) electrons. The zero-order chi connectivity index (χ0) is 50.7. The van der Waals surface area contributed by atoms with Crippen LogP contribution in [0.2, 0.25) is 0 Å². The van der Waals surface area contributed by atoms with Crippen molar-refractivity contribution >= 4 is 11.9 Å². The summed E-state index contributed by atoms with van der Waals surface area (Å²) in [5.41, 5.74) is 0. The van der Waals surface area contributed by atoms with E-state index in [1.54, 1.807) is 6.08 Å². The van der Waals surface area contributed by atoms with Crippen molar-refractivity contribution in [2.75, 3.05) is 13.2 Å². The summed E-state index contributed by atoms with van der Waals surface area (Å²) in [6.07, 6.45) is 74.6. The van der Waals surface area contributed by atoms with Gasteiger partial charge in [0.1, 0.15) is 0 Å². The van der Waals surface area contributed by atoms with E-state index < -0.39 is 12.1 Å². The van der Waals surface area contributed by atoms with Crippen LogP contribution in [-0.4, -0.2) is 47.4 Å². The van der Waals surface area contributed by atoms with Crippen LogP contribution >= 0.6 is 0 Å². The van der Waals surface area contributed by atoms with Crippen LogP contribution in [0.5, 0.6) is 0 Å². The Balaban J connectivity index is 3.43. The maximum atomic E-state index is 12.5. The molecule has 0 heterocycles. The van der Waals surface area contributed by atoms with E-state index in [9.17, 15) is 19.8 Å². The summed E-state index contributed by atoms with van der Waals surface area (Å²) < 4.78 is 5.49. The number of carbonyl (C=O) groups is 2. The summed E-state index contributed by atoms with van der Waals surface area (Å²) in [5, 5.41) is 23.2. The molecule has 0 aliphatic rings. The summed E-state index contributed by atoms with van der Waals surface area (Å²) in [4.78, 5) is 24.6. The number of amides is 1. The Hall–Kier alpha value is -1.92. The highest BCUT2D eigenvalue weighted by atomic mass is 16.5. The molecule has 2 atom stereocenters. The molecule has 0 bridgehead atoms. The van der Waals surface area contributed by atoms with Crippen molar-refractivity contribution in [3.05, 3.63) is 36.5 Å². The SMILES string of the molecule is CCCCC/C=C\C/C=C\CCCCCCCCCCCC(=O)OCCCCCCCCCCCCCCCCCCCC(=O)NC(CO)C(O)/C=C/CCCCCCCCCCCCCCCCC. The third-order valence-corrected chi connectivity index (χ3v) is 14.4. The lowest BCUT2D eigenvalue weighted by Gasteiger charge is -2.20. The van der Waals surface area contributed by atoms with Crippen LogP contribution in [0.3, 0.4) is 0 Å². The van der Waals surface area contributed by atoms with Gasteiger partial charge < -0.3 is 20.3 Å². The van der Waals surface area contributed by atoms with Gasteiger partial charge in [0.25, 0.3) is 0 Å². The Morgan fingerprint density at radius 3 is 1.11 bits per heavy atom. The van der Waals surface area contributed by atoms with E-state index in [1.165, 1.54) is 257 Å². The number of allylic oxidation sites excluding steroid dienone is 5. The molecule has 0 saturated heterocycles. The smallest absolute Gasteiger partial charge is 0.305 e. The highest BCUT2D eigenvalue weighted by Gasteiger charge is 2.18. The third-order valence-electron chi connectivity index (χ3n) is 14.4. The number of esters is 1. The second kappa shape index (κ2) is 59.6. The number of unbranched alkanes of at least 4 members (excludes halogenated alkanes) is 43. The van der Waals surface area contributed by atoms with Crippen molar-refractivity contribution in [1.29, 1.82) is 0 Å². The van der Waals surface area contributed by atoms with Crippen molar-refractivity contribution in [1.82, 2.24) is 5.32 Å². The average molecular weight is 985 g/mol.